The Balaban J connectivity index is 2.64. The molecule has 58 valence electrons. The van der Waals surface area contributed by atoms with E-state index in [0.29, 0.717) is 5.11 Å². The van der Waals surface area contributed by atoms with Crippen LogP contribution in [0.1, 0.15) is 20.8 Å². The lowest BCUT2D eigenvalue weighted by molar-refractivity contribution is 0.170. The first-order chi connectivity index (χ1) is 4.52. The number of hydrazine groups is 3. The minimum absolute atomic E-state index is 0.00752. The maximum atomic E-state index is 4.98. The van der Waals surface area contributed by atoms with E-state index in [9.17, 15) is 0 Å². The lowest BCUT2D eigenvalue weighted by atomic mass is 10.1. The van der Waals surface area contributed by atoms with E-state index in [4.69, 9.17) is 12.2 Å². The Bertz CT molecular complexity index is 150. The first-order valence-electron chi connectivity index (χ1n) is 3.12. The molecule has 5 heteroatoms. The molecule has 0 aromatic carbocycles. The van der Waals surface area contributed by atoms with Crippen LogP contribution in [0, 0.1) is 0 Å². The molecule has 0 aliphatic carbocycles. The summed E-state index contributed by atoms with van der Waals surface area (Å²) in [5, 5.41) is 2.52. The second-order valence-electron chi connectivity index (χ2n) is 3.17. The lowest BCUT2D eigenvalue weighted by Crippen LogP contribution is -2.49. The Kier molecular flexibility index (Phi) is 1.80. The minimum atomic E-state index is 0.00752. The maximum Gasteiger partial charge on any atom is 0.200 e. The summed E-state index contributed by atoms with van der Waals surface area (Å²) in [6, 6.07) is 0. The molecule has 0 radical (unpaired) electrons. The summed E-state index contributed by atoms with van der Waals surface area (Å²) in [4.78, 5) is 0. The fourth-order valence-corrected chi connectivity index (χ4v) is 1.09. The van der Waals surface area contributed by atoms with Crippen LogP contribution < -0.4 is 16.5 Å². The van der Waals surface area contributed by atoms with Crippen molar-refractivity contribution in [3.8, 4) is 0 Å². The molecule has 0 amide bonds. The molecule has 0 bridgehead atoms. The summed E-state index contributed by atoms with van der Waals surface area (Å²) < 4.78 is 0. The predicted molar refractivity (Wildman–Crippen MR) is 43.6 cm³/mol. The van der Waals surface area contributed by atoms with Crippen LogP contribution in [0.15, 0.2) is 0 Å². The number of rotatable bonds is 0. The van der Waals surface area contributed by atoms with Crippen LogP contribution in [0.25, 0.3) is 0 Å². The van der Waals surface area contributed by atoms with Crippen molar-refractivity contribution in [1.29, 1.82) is 0 Å². The summed E-state index contributed by atoms with van der Waals surface area (Å²) in [5.74, 6) is 0. The molecular formula is C5H12N4S. The minimum Gasteiger partial charge on any atom is -0.282 e. The van der Waals surface area contributed by atoms with Crippen molar-refractivity contribution in [3.63, 3.8) is 0 Å². The molecular weight excluding hydrogens is 148 g/mol. The summed E-state index contributed by atoms with van der Waals surface area (Å²) in [7, 11) is 0. The molecule has 0 aromatic rings. The van der Waals surface area contributed by atoms with Crippen molar-refractivity contribution in [2.45, 2.75) is 26.3 Å². The van der Waals surface area contributed by atoms with Crippen LogP contribution in [-0.4, -0.2) is 15.7 Å². The zero-order chi connectivity index (χ0) is 7.78. The van der Waals surface area contributed by atoms with Crippen molar-refractivity contribution in [2.24, 2.45) is 0 Å². The van der Waals surface area contributed by atoms with Gasteiger partial charge < -0.3 is 0 Å². The predicted octanol–water partition coefficient (Wildman–Crippen LogP) is -0.101. The number of hydrogen-bond acceptors (Lipinski definition) is 3. The molecule has 1 heterocycles. The molecule has 0 saturated carbocycles. The molecule has 0 atom stereocenters. The van der Waals surface area contributed by atoms with E-state index in [0.717, 1.165) is 0 Å². The van der Waals surface area contributed by atoms with Crippen molar-refractivity contribution in [3.05, 3.63) is 0 Å². The quantitative estimate of drug-likeness (QED) is 0.432. The molecule has 1 saturated heterocycles. The topological polar surface area (TPSA) is 39.3 Å². The Hall–Kier alpha value is -0.390. The van der Waals surface area contributed by atoms with E-state index in [2.05, 4.69) is 37.3 Å². The van der Waals surface area contributed by atoms with Crippen LogP contribution in [0.2, 0.25) is 0 Å². The molecule has 4 nitrogen and oxygen atoms in total. The van der Waals surface area contributed by atoms with E-state index < -0.39 is 0 Å². The second-order valence-corrected chi connectivity index (χ2v) is 3.56. The van der Waals surface area contributed by atoms with Crippen LogP contribution >= 0.6 is 12.2 Å². The van der Waals surface area contributed by atoms with Gasteiger partial charge in [0.05, 0.1) is 5.54 Å². The highest BCUT2D eigenvalue weighted by Gasteiger charge is 2.27. The van der Waals surface area contributed by atoms with Crippen molar-refractivity contribution in [2.75, 3.05) is 0 Å². The van der Waals surface area contributed by atoms with Gasteiger partial charge in [-0.05, 0) is 33.0 Å². The molecule has 3 N–H and O–H groups in total. The summed E-state index contributed by atoms with van der Waals surface area (Å²) >= 11 is 4.98. The Morgan fingerprint density at radius 2 is 2.00 bits per heavy atom. The summed E-state index contributed by atoms with van der Waals surface area (Å²) in [6.07, 6.45) is 0. The van der Waals surface area contributed by atoms with E-state index in [1.807, 2.05) is 5.01 Å². The molecule has 0 aromatic heterocycles. The largest absolute Gasteiger partial charge is 0.282 e. The van der Waals surface area contributed by atoms with Gasteiger partial charge in [-0.1, -0.05) is 0 Å². The van der Waals surface area contributed by atoms with E-state index in [-0.39, 0.29) is 5.54 Å². The maximum absolute atomic E-state index is 4.98. The zero-order valence-electron chi connectivity index (χ0n) is 6.36. The van der Waals surface area contributed by atoms with Crippen LogP contribution in [0.4, 0.5) is 0 Å². The number of hydrogen-bond donors (Lipinski definition) is 3. The molecule has 10 heavy (non-hydrogen) atoms. The highest BCUT2D eigenvalue weighted by Crippen LogP contribution is 2.10. The van der Waals surface area contributed by atoms with Gasteiger partial charge in [0, 0.05) is 0 Å². The average molecular weight is 160 g/mol. The first kappa shape index (κ1) is 7.71. The lowest BCUT2D eigenvalue weighted by Gasteiger charge is -2.30. The molecule has 0 unspecified atom stereocenters. The zero-order valence-corrected chi connectivity index (χ0v) is 7.17. The van der Waals surface area contributed by atoms with Crippen molar-refractivity contribution >= 4 is 17.3 Å². The van der Waals surface area contributed by atoms with Gasteiger partial charge in [0.15, 0.2) is 0 Å². The normalized spacial score (nSPS) is 19.5. The molecule has 1 aliphatic heterocycles. The number of nitrogens with one attached hydrogen (secondary N) is 3. The van der Waals surface area contributed by atoms with Gasteiger partial charge in [-0.2, -0.15) is 5.53 Å². The third kappa shape index (κ3) is 1.36. The van der Waals surface area contributed by atoms with Crippen LogP contribution in [0.5, 0.6) is 0 Å². The van der Waals surface area contributed by atoms with Gasteiger partial charge in [0.25, 0.3) is 0 Å². The fraction of sp³-hybridized carbons (Fsp3) is 0.800. The van der Waals surface area contributed by atoms with Gasteiger partial charge in [0.2, 0.25) is 5.11 Å². The van der Waals surface area contributed by atoms with Gasteiger partial charge in [-0.3, -0.25) is 10.4 Å². The van der Waals surface area contributed by atoms with Gasteiger partial charge in [0.1, 0.15) is 0 Å². The third-order valence-corrected chi connectivity index (χ3v) is 1.50. The third-order valence-electron chi connectivity index (χ3n) is 1.21. The van der Waals surface area contributed by atoms with E-state index in [1.165, 1.54) is 0 Å². The molecule has 1 aliphatic rings. The van der Waals surface area contributed by atoms with Crippen LogP contribution in [-0.2, 0) is 0 Å². The van der Waals surface area contributed by atoms with E-state index >= 15 is 0 Å². The average Bonchev–Trinajstić information content (AvgIpc) is 2.11. The van der Waals surface area contributed by atoms with Gasteiger partial charge in [-0.15, -0.1) is 5.53 Å². The van der Waals surface area contributed by atoms with Crippen molar-refractivity contribution < 1.29 is 0 Å². The van der Waals surface area contributed by atoms with Crippen molar-refractivity contribution in [1.82, 2.24) is 21.5 Å². The number of nitrogens with zero attached hydrogens (tertiary/aromatic N) is 1. The second kappa shape index (κ2) is 2.34. The monoisotopic (exact) mass is 160 g/mol. The Labute approximate surface area is 65.9 Å². The molecule has 1 rings (SSSR count). The SMILES string of the molecule is CC(C)(C)N1NNNC1=S. The number of thiocarbonyl (C=S) groups is 1. The molecule has 1 fully saturated rings. The Morgan fingerprint density at radius 3 is 2.20 bits per heavy atom. The standard InChI is InChI=1S/C5H12N4S/c1-5(2,3)9-4(10)6-7-8-9/h7-8H,1-3H3,(H,6,10). The summed E-state index contributed by atoms with van der Waals surface area (Å²) in [6.45, 7) is 6.21. The molecule has 0 spiro atoms. The fourth-order valence-electron chi connectivity index (χ4n) is 0.716. The highest BCUT2D eigenvalue weighted by molar-refractivity contribution is 7.80. The van der Waals surface area contributed by atoms with E-state index in [1.54, 1.807) is 0 Å². The van der Waals surface area contributed by atoms with Gasteiger partial charge >= 0.3 is 0 Å². The first-order valence-corrected chi connectivity index (χ1v) is 3.53. The summed E-state index contributed by atoms with van der Waals surface area (Å²) in [5.41, 5.74) is 8.37. The van der Waals surface area contributed by atoms with Gasteiger partial charge in [-0.25, -0.2) is 0 Å². The highest BCUT2D eigenvalue weighted by atomic mass is 32.1. The Morgan fingerprint density at radius 1 is 1.40 bits per heavy atom. The van der Waals surface area contributed by atoms with Crippen LogP contribution in [0.3, 0.4) is 0 Å². The smallest absolute Gasteiger partial charge is 0.200 e.